The van der Waals surface area contributed by atoms with E-state index in [2.05, 4.69) is 35.3 Å². The van der Waals surface area contributed by atoms with Crippen molar-refractivity contribution in [2.45, 2.75) is 32.0 Å². The van der Waals surface area contributed by atoms with Gasteiger partial charge in [-0.25, -0.2) is 0 Å². The first kappa shape index (κ1) is 12.4. The highest BCUT2D eigenvalue weighted by Gasteiger charge is 2.22. The van der Waals surface area contributed by atoms with Gasteiger partial charge < -0.3 is 5.02 Å². The summed E-state index contributed by atoms with van der Waals surface area (Å²) in [4.78, 5) is 4.03. The molecule has 1 aromatic carbocycles. The first-order valence-electron chi connectivity index (χ1n) is 7.01. The number of nitrogens with zero attached hydrogens (tertiary/aromatic N) is 1. The molecule has 0 spiro atoms. The molecule has 1 aromatic heterocycles. The van der Waals surface area contributed by atoms with Crippen LogP contribution in [0.3, 0.4) is 0 Å². The van der Waals surface area contributed by atoms with E-state index in [-0.39, 0.29) is 6.92 Å². The minimum atomic E-state index is -0.260. The molecule has 3 rings (SSSR count). The normalized spacial score (nSPS) is 14.3. The Kier molecular flexibility index (Phi) is 3.65. The third-order valence-corrected chi connectivity index (χ3v) is 3.94. The van der Waals surface area contributed by atoms with Gasteiger partial charge in [0.15, 0.2) is 0 Å². The molecule has 2 heterocycles. The molecular formula is C16H18BNO. The van der Waals surface area contributed by atoms with Crippen molar-refractivity contribution in [1.29, 1.82) is 0 Å². The summed E-state index contributed by atoms with van der Waals surface area (Å²) in [5.74, 6) is 0. The molecule has 0 amide bonds. The van der Waals surface area contributed by atoms with Gasteiger partial charge in [0, 0.05) is 12.4 Å². The molecule has 19 heavy (non-hydrogen) atoms. The van der Waals surface area contributed by atoms with Crippen LogP contribution in [0.2, 0.25) is 6.32 Å². The summed E-state index contributed by atoms with van der Waals surface area (Å²) in [6.45, 7) is -0.260. The molecule has 0 saturated carbocycles. The summed E-state index contributed by atoms with van der Waals surface area (Å²) < 4.78 is 0. The van der Waals surface area contributed by atoms with Crippen molar-refractivity contribution in [2.24, 2.45) is 0 Å². The predicted molar refractivity (Wildman–Crippen MR) is 78.8 cm³/mol. The van der Waals surface area contributed by atoms with Crippen molar-refractivity contribution in [1.82, 2.24) is 4.98 Å². The van der Waals surface area contributed by atoms with E-state index in [0.29, 0.717) is 0 Å². The van der Waals surface area contributed by atoms with Gasteiger partial charge in [0.1, 0.15) is 0 Å². The summed E-state index contributed by atoms with van der Waals surface area (Å²) in [7, 11) is 0. The SMILES string of the molecule is OB1CCCc2ccc(CCc3ccncc3)cc21. The molecule has 2 aromatic rings. The van der Waals surface area contributed by atoms with Gasteiger partial charge in [0.2, 0.25) is 0 Å². The lowest BCUT2D eigenvalue weighted by Crippen LogP contribution is -2.36. The lowest BCUT2D eigenvalue weighted by atomic mass is 9.53. The summed E-state index contributed by atoms with van der Waals surface area (Å²) in [6, 6.07) is 10.7. The molecular weight excluding hydrogens is 233 g/mol. The smallest absolute Gasteiger partial charge is 0.323 e. The number of benzene rings is 1. The Morgan fingerprint density at radius 3 is 2.68 bits per heavy atom. The molecule has 3 heteroatoms. The highest BCUT2D eigenvalue weighted by Crippen LogP contribution is 2.15. The minimum Gasteiger partial charge on any atom is -0.446 e. The monoisotopic (exact) mass is 251 g/mol. The largest absolute Gasteiger partial charge is 0.446 e. The van der Waals surface area contributed by atoms with Crippen LogP contribution in [-0.4, -0.2) is 16.9 Å². The van der Waals surface area contributed by atoms with Gasteiger partial charge in [-0.1, -0.05) is 30.2 Å². The van der Waals surface area contributed by atoms with E-state index in [9.17, 15) is 5.02 Å². The maximum atomic E-state index is 10.1. The molecule has 2 nitrogen and oxygen atoms in total. The highest BCUT2D eigenvalue weighted by molar-refractivity contribution is 6.67. The van der Waals surface area contributed by atoms with Gasteiger partial charge in [-0.15, -0.1) is 0 Å². The molecule has 0 aliphatic carbocycles. The minimum absolute atomic E-state index is 0.260. The summed E-state index contributed by atoms with van der Waals surface area (Å²) in [5.41, 5.74) is 5.11. The Morgan fingerprint density at radius 1 is 1.05 bits per heavy atom. The average molecular weight is 251 g/mol. The van der Waals surface area contributed by atoms with Crippen molar-refractivity contribution in [3.05, 3.63) is 59.4 Å². The third kappa shape index (κ3) is 2.87. The molecule has 1 N–H and O–H groups in total. The number of aromatic nitrogens is 1. The van der Waals surface area contributed by atoms with Crippen LogP contribution in [0.15, 0.2) is 42.7 Å². The summed E-state index contributed by atoms with van der Waals surface area (Å²) in [6.07, 6.45) is 8.83. The fourth-order valence-electron chi connectivity index (χ4n) is 2.82. The summed E-state index contributed by atoms with van der Waals surface area (Å²) in [5, 5.41) is 10.1. The third-order valence-electron chi connectivity index (χ3n) is 3.94. The number of fused-ring (bicyclic) bond motifs is 1. The molecule has 1 aliphatic rings. The van der Waals surface area contributed by atoms with Crippen molar-refractivity contribution in [2.75, 3.05) is 0 Å². The maximum absolute atomic E-state index is 10.1. The standard InChI is InChI=1S/C16H18BNO/c19-17-9-1-2-15-6-5-14(12-16(15)17)4-3-13-7-10-18-11-8-13/h5-8,10-12,19H,1-4,9H2. The average Bonchev–Trinajstić information content (AvgIpc) is 2.47. The van der Waals surface area contributed by atoms with E-state index in [1.54, 1.807) is 0 Å². The van der Waals surface area contributed by atoms with Crippen molar-refractivity contribution in [3.63, 3.8) is 0 Å². The highest BCUT2D eigenvalue weighted by atomic mass is 16.2. The molecule has 0 radical (unpaired) electrons. The van der Waals surface area contributed by atoms with E-state index < -0.39 is 0 Å². The lowest BCUT2D eigenvalue weighted by molar-refractivity contribution is 0.574. The first-order valence-corrected chi connectivity index (χ1v) is 7.01. The quantitative estimate of drug-likeness (QED) is 0.846. The molecule has 0 fully saturated rings. The zero-order valence-corrected chi connectivity index (χ0v) is 11.0. The van der Waals surface area contributed by atoms with Crippen LogP contribution in [0.25, 0.3) is 0 Å². The molecule has 0 saturated heterocycles. The van der Waals surface area contributed by atoms with Crippen LogP contribution in [0.4, 0.5) is 0 Å². The number of hydrogen-bond donors (Lipinski definition) is 1. The second-order valence-electron chi connectivity index (χ2n) is 5.30. The van der Waals surface area contributed by atoms with Gasteiger partial charge in [-0.3, -0.25) is 4.98 Å². The molecule has 96 valence electrons. The van der Waals surface area contributed by atoms with Gasteiger partial charge in [0.05, 0.1) is 0 Å². The zero-order valence-electron chi connectivity index (χ0n) is 11.0. The maximum Gasteiger partial charge on any atom is 0.323 e. The van der Waals surface area contributed by atoms with Crippen LogP contribution in [0.1, 0.15) is 23.1 Å². The van der Waals surface area contributed by atoms with Crippen molar-refractivity contribution < 1.29 is 5.02 Å². The van der Waals surface area contributed by atoms with E-state index in [0.717, 1.165) is 37.5 Å². The predicted octanol–water partition coefficient (Wildman–Crippen LogP) is 2.00. The second-order valence-corrected chi connectivity index (χ2v) is 5.30. The van der Waals surface area contributed by atoms with Gasteiger partial charge in [-0.05, 0) is 54.3 Å². The van der Waals surface area contributed by atoms with E-state index in [1.807, 2.05) is 12.4 Å². The number of aryl methyl sites for hydroxylation is 3. The molecule has 0 atom stereocenters. The van der Waals surface area contributed by atoms with Crippen LogP contribution < -0.4 is 5.46 Å². The van der Waals surface area contributed by atoms with Gasteiger partial charge >= 0.3 is 6.92 Å². The fraction of sp³-hybridized carbons (Fsp3) is 0.312. The fourth-order valence-corrected chi connectivity index (χ4v) is 2.82. The van der Waals surface area contributed by atoms with Crippen LogP contribution in [0.5, 0.6) is 0 Å². The topological polar surface area (TPSA) is 33.1 Å². The number of pyridine rings is 1. The van der Waals surface area contributed by atoms with Crippen LogP contribution in [0, 0.1) is 0 Å². The van der Waals surface area contributed by atoms with E-state index in [1.165, 1.54) is 16.7 Å². The van der Waals surface area contributed by atoms with Crippen LogP contribution >= 0.6 is 0 Å². The Hall–Kier alpha value is -1.61. The van der Waals surface area contributed by atoms with Gasteiger partial charge in [0.25, 0.3) is 0 Å². The second kappa shape index (κ2) is 5.58. The van der Waals surface area contributed by atoms with Crippen LogP contribution in [-0.2, 0) is 19.3 Å². The Labute approximate surface area is 114 Å². The summed E-state index contributed by atoms with van der Waals surface area (Å²) >= 11 is 0. The Morgan fingerprint density at radius 2 is 1.84 bits per heavy atom. The van der Waals surface area contributed by atoms with E-state index >= 15 is 0 Å². The molecule has 0 bridgehead atoms. The first-order chi connectivity index (χ1) is 9.33. The lowest BCUT2D eigenvalue weighted by Gasteiger charge is -2.19. The number of rotatable bonds is 3. The van der Waals surface area contributed by atoms with Gasteiger partial charge in [-0.2, -0.15) is 0 Å². The Bertz CT molecular complexity index is 556. The molecule has 1 aliphatic heterocycles. The number of hydrogen-bond acceptors (Lipinski definition) is 2. The van der Waals surface area contributed by atoms with Crippen molar-refractivity contribution in [3.8, 4) is 0 Å². The molecule has 0 unspecified atom stereocenters. The zero-order chi connectivity index (χ0) is 13.1. The van der Waals surface area contributed by atoms with Crippen molar-refractivity contribution >= 4 is 12.4 Å². The van der Waals surface area contributed by atoms with E-state index in [4.69, 9.17) is 0 Å². The Balaban J connectivity index is 1.74.